The monoisotopic (exact) mass is 275 g/mol. The van der Waals surface area contributed by atoms with Crippen molar-refractivity contribution in [3.63, 3.8) is 0 Å². The molecular weight excluding hydrogens is 257 g/mol. The number of ether oxygens (including phenoxy) is 2. The minimum atomic E-state index is -0.374. The molecule has 1 atom stereocenters. The summed E-state index contributed by atoms with van der Waals surface area (Å²) in [6.07, 6.45) is 0. The summed E-state index contributed by atoms with van der Waals surface area (Å²) in [5, 5.41) is 0. The van der Waals surface area contributed by atoms with Crippen molar-refractivity contribution in [3.05, 3.63) is 59.9 Å². The van der Waals surface area contributed by atoms with Gasteiger partial charge in [-0.05, 0) is 36.8 Å². The van der Waals surface area contributed by atoms with Crippen LogP contribution in [0.4, 0.5) is 4.39 Å². The van der Waals surface area contributed by atoms with Gasteiger partial charge < -0.3 is 15.2 Å². The second kappa shape index (κ2) is 6.91. The lowest BCUT2D eigenvalue weighted by atomic mass is 10.1. The first kappa shape index (κ1) is 14.3. The summed E-state index contributed by atoms with van der Waals surface area (Å²) in [5.74, 6) is 1.14. The predicted molar refractivity (Wildman–Crippen MR) is 76.4 cm³/mol. The molecule has 2 rings (SSSR count). The largest absolute Gasteiger partial charge is 0.494 e. The van der Waals surface area contributed by atoms with Crippen molar-refractivity contribution >= 4 is 0 Å². The van der Waals surface area contributed by atoms with Gasteiger partial charge in [-0.2, -0.15) is 0 Å². The molecule has 0 bridgehead atoms. The lowest BCUT2D eigenvalue weighted by molar-refractivity contribution is 0.286. The molecule has 0 spiro atoms. The Morgan fingerprint density at radius 2 is 1.75 bits per heavy atom. The summed E-state index contributed by atoms with van der Waals surface area (Å²) in [5.41, 5.74) is 6.70. The van der Waals surface area contributed by atoms with Crippen LogP contribution < -0.4 is 15.2 Å². The normalized spacial score (nSPS) is 11.9. The molecule has 0 aliphatic carbocycles. The van der Waals surface area contributed by atoms with Crippen LogP contribution in [0, 0.1) is 5.82 Å². The van der Waals surface area contributed by atoms with E-state index >= 15 is 0 Å². The summed E-state index contributed by atoms with van der Waals surface area (Å²) >= 11 is 0. The van der Waals surface area contributed by atoms with Crippen LogP contribution >= 0.6 is 0 Å². The fourth-order valence-corrected chi connectivity index (χ4v) is 1.84. The zero-order valence-corrected chi connectivity index (χ0v) is 11.4. The van der Waals surface area contributed by atoms with Crippen molar-refractivity contribution in [2.24, 2.45) is 5.73 Å². The van der Waals surface area contributed by atoms with Gasteiger partial charge in [-0.1, -0.05) is 18.2 Å². The van der Waals surface area contributed by atoms with E-state index in [0.29, 0.717) is 17.9 Å². The number of hydrogen-bond donors (Lipinski definition) is 1. The number of benzene rings is 2. The van der Waals surface area contributed by atoms with Gasteiger partial charge in [-0.3, -0.25) is 0 Å². The topological polar surface area (TPSA) is 44.5 Å². The molecular formula is C16H18FNO2. The van der Waals surface area contributed by atoms with Crippen LogP contribution in [0.3, 0.4) is 0 Å². The van der Waals surface area contributed by atoms with Crippen molar-refractivity contribution in [1.82, 2.24) is 0 Å². The SMILES string of the molecule is CCOc1cccc(OCC(N)c2cccc(F)c2)c1. The molecule has 20 heavy (non-hydrogen) atoms. The summed E-state index contributed by atoms with van der Waals surface area (Å²) in [7, 11) is 0. The Labute approximate surface area is 118 Å². The van der Waals surface area contributed by atoms with Gasteiger partial charge in [0.05, 0.1) is 12.6 Å². The van der Waals surface area contributed by atoms with Gasteiger partial charge in [0, 0.05) is 6.07 Å². The Balaban J connectivity index is 1.96. The minimum Gasteiger partial charge on any atom is -0.494 e. The summed E-state index contributed by atoms with van der Waals surface area (Å²) < 4.78 is 24.1. The maximum Gasteiger partial charge on any atom is 0.123 e. The standard InChI is InChI=1S/C16H18FNO2/c1-2-19-14-7-4-8-15(10-14)20-11-16(18)12-5-3-6-13(17)9-12/h3-10,16H,2,11,18H2,1H3. The van der Waals surface area contributed by atoms with Gasteiger partial charge >= 0.3 is 0 Å². The van der Waals surface area contributed by atoms with E-state index in [2.05, 4.69) is 0 Å². The van der Waals surface area contributed by atoms with Gasteiger partial charge in [-0.15, -0.1) is 0 Å². The highest BCUT2D eigenvalue weighted by Gasteiger charge is 2.08. The molecule has 0 aliphatic heterocycles. The molecule has 1 unspecified atom stereocenters. The molecule has 2 aromatic carbocycles. The Morgan fingerprint density at radius 3 is 2.45 bits per heavy atom. The maximum atomic E-state index is 13.1. The van der Waals surface area contributed by atoms with Gasteiger partial charge in [0.15, 0.2) is 0 Å². The molecule has 2 N–H and O–H groups in total. The van der Waals surface area contributed by atoms with E-state index in [-0.39, 0.29) is 18.5 Å². The summed E-state index contributed by atoms with van der Waals surface area (Å²) in [4.78, 5) is 0. The van der Waals surface area contributed by atoms with Crippen molar-refractivity contribution < 1.29 is 13.9 Å². The van der Waals surface area contributed by atoms with Crippen LogP contribution in [-0.2, 0) is 0 Å². The Bertz CT molecular complexity index is 560. The molecule has 0 amide bonds. The van der Waals surface area contributed by atoms with E-state index in [1.165, 1.54) is 12.1 Å². The third kappa shape index (κ3) is 3.96. The molecule has 106 valence electrons. The number of hydrogen-bond acceptors (Lipinski definition) is 3. The van der Waals surface area contributed by atoms with E-state index in [4.69, 9.17) is 15.2 Å². The van der Waals surface area contributed by atoms with Crippen molar-refractivity contribution in [1.29, 1.82) is 0 Å². The van der Waals surface area contributed by atoms with E-state index in [0.717, 1.165) is 5.75 Å². The van der Waals surface area contributed by atoms with Crippen LogP contribution in [-0.4, -0.2) is 13.2 Å². The van der Waals surface area contributed by atoms with E-state index in [1.807, 2.05) is 31.2 Å². The zero-order chi connectivity index (χ0) is 14.4. The highest BCUT2D eigenvalue weighted by molar-refractivity contribution is 5.33. The maximum absolute atomic E-state index is 13.1. The first-order chi connectivity index (χ1) is 9.69. The van der Waals surface area contributed by atoms with Gasteiger partial charge in [0.1, 0.15) is 23.9 Å². The molecule has 0 radical (unpaired) electrons. The summed E-state index contributed by atoms with van der Waals surface area (Å²) in [6, 6.07) is 13.2. The number of nitrogens with two attached hydrogens (primary N) is 1. The molecule has 0 fully saturated rings. The third-order valence-electron chi connectivity index (χ3n) is 2.82. The second-order valence-corrected chi connectivity index (χ2v) is 4.38. The van der Waals surface area contributed by atoms with Crippen LogP contribution in [0.1, 0.15) is 18.5 Å². The molecule has 3 nitrogen and oxygen atoms in total. The van der Waals surface area contributed by atoms with Gasteiger partial charge in [0.2, 0.25) is 0 Å². The molecule has 2 aromatic rings. The highest BCUT2D eigenvalue weighted by Crippen LogP contribution is 2.21. The van der Waals surface area contributed by atoms with Crippen molar-refractivity contribution in [2.45, 2.75) is 13.0 Å². The molecule has 0 aliphatic rings. The highest BCUT2D eigenvalue weighted by atomic mass is 19.1. The fourth-order valence-electron chi connectivity index (χ4n) is 1.84. The minimum absolute atomic E-state index is 0.277. The lowest BCUT2D eigenvalue weighted by Crippen LogP contribution is -2.19. The number of halogens is 1. The van der Waals surface area contributed by atoms with Crippen LogP contribution in [0.15, 0.2) is 48.5 Å². The first-order valence-electron chi connectivity index (χ1n) is 6.55. The number of rotatable bonds is 6. The third-order valence-corrected chi connectivity index (χ3v) is 2.82. The van der Waals surface area contributed by atoms with Crippen molar-refractivity contribution in [3.8, 4) is 11.5 Å². The average Bonchev–Trinajstić information content (AvgIpc) is 2.45. The fraction of sp³-hybridized carbons (Fsp3) is 0.250. The Hall–Kier alpha value is -2.07. The lowest BCUT2D eigenvalue weighted by Gasteiger charge is -2.14. The smallest absolute Gasteiger partial charge is 0.123 e. The Kier molecular flexibility index (Phi) is 4.96. The Morgan fingerprint density at radius 1 is 1.05 bits per heavy atom. The quantitative estimate of drug-likeness (QED) is 0.879. The van der Waals surface area contributed by atoms with Gasteiger partial charge in [-0.25, -0.2) is 4.39 Å². The average molecular weight is 275 g/mol. The second-order valence-electron chi connectivity index (χ2n) is 4.38. The predicted octanol–water partition coefficient (Wildman–Crippen LogP) is 3.30. The molecule has 0 heterocycles. The van der Waals surface area contributed by atoms with Crippen LogP contribution in [0.2, 0.25) is 0 Å². The molecule has 0 aromatic heterocycles. The van der Waals surface area contributed by atoms with Crippen molar-refractivity contribution in [2.75, 3.05) is 13.2 Å². The summed E-state index contributed by atoms with van der Waals surface area (Å²) in [6.45, 7) is 2.80. The molecule has 0 saturated heterocycles. The van der Waals surface area contributed by atoms with E-state index < -0.39 is 0 Å². The first-order valence-corrected chi connectivity index (χ1v) is 6.55. The molecule has 4 heteroatoms. The van der Waals surface area contributed by atoms with Gasteiger partial charge in [0.25, 0.3) is 0 Å². The van der Waals surface area contributed by atoms with Crippen LogP contribution in [0.5, 0.6) is 11.5 Å². The van der Waals surface area contributed by atoms with E-state index in [1.54, 1.807) is 12.1 Å². The van der Waals surface area contributed by atoms with E-state index in [9.17, 15) is 4.39 Å². The molecule has 0 saturated carbocycles. The zero-order valence-electron chi connectivity index (χ0n) is 11.4. The van der Waals surface area contributed by atoms with Crippen LogP contribution in [0.25, 0.3) is 0 Å².